The maximum Gasteiger partial charge on any atom is 0.0953 e. The van der Waals surface area contributed by atoms with Gasteiger partial charge in [-0.2, -0.15) is 0 Å². The third-order valence-corrected chi connectivity index (χ3v) is 3.70. The van der Waals surface area contributed by atoms with Gasteiger partial charge in [0.1, 0.15) is 0 Å². The van der Waals surface area contributed by atoms with Gasteiger partial charge in [0.05, 0.1) is 23.4 Å². The van der Waals surface area contributed by atoms with E-state index in [1.165, 1.54) is 10.7 Å². The molecule has 0 saturated carbocycles. The van der Waals surface area contributed by atoms with E-state index in [-0.39, 0.29) is 0 Å². The van der Waals surface area contributed by atoms with E-state index in [1.54, 1.807) is 11.3 Å². The molecular weight excluding hydrogens is 208 g/mol. The van der Waals surface area contributed by atoms with Crippen molar-refractivity contribution in [2.24, 2.45) is 0 Å². The summed E-state index contributed by atoms with van der Waals surface area (Å²) in [5.74, 6) is 0.536. The van der Waals surface area contributed by atoms with Crippen LogP contribution in [0.2, 0.25) is 0 Å². The molecule has 1 aliphatic heterocycles. The lowest BCUT2D eigenvalue weighted by Gasteiger charge is -2.22. The fraction of sp³-hybridized carbons (Fsp3) is 0.727. The second-order valence-electron chi connectivity index (χ2n) is 4.23. The zero-order chi connectivity index (χ0) is 10.7. The number of morpholine rings is 1. The molecule has 1 saturated heterocycles. The summed E-state index contributed by atoms with van der Waals surface area (Å²) in [5.41, 5.74) is 1.18. The van der Waals surface area contributed by atoms with Crippen molar-refractivity contribution < 1.29 is 4.74 Å². The van der Waals surface area contributed by atoms with E-state index in [2.05, 4.69) is 29.5 Å². The van der Waals surface area contributed by atoms with Crippen LogP contribution < -0.4 is 5.32 Å². The first kappa shape index (κ1) is 11.0. The lowest BCUT2D eigenvalue weighted by Crippen LogP contribution is -2.39. The summed E-state index contributed by atoms with van der Waals surface area (Å²) in [6.07, 6.45) is 1.25. The fourth-order valence-electron chi connectivity index (χ4n) is 1.67. The summed E-state index contributed by atoms with van der Waals surface area (Å²) < 4.78 is 5.65. The highest BCUT2D eigenvalue weighted by Crippen LogP contribution is 2.20. The van der Waals surface area contributed by atoms with Gasteiger partial charge in [0.25, 0.3) is 0 Å². The van der Waals surface area contributed by atoms with Crippen molar-refractivity contribution in [3.05, 3.63) is 16.1 Å². The van der Waals surface area contributed by atoms with Gasteiger partial charge in [-0.05, 0) is 0 Å². The second kappa shape index (κ2) is 5.05. The number of nitrogens with zero attached hydrogens (tertiary/aromatic N) is 1. The average Bonchev–Trinajstić information content (AvgIpc) is 2.68. The Morgan fingerprint density at radius 3 is 3.13 bits per heavy atom. The van der Waals surface area contributed by atoms with Crippen LogP contribution in [0.5, 0.6) is 0 Å². The van der Waals surface area contributed by atoms with Crippen molar-refractivity contribution in [2.45, 2.75) is 32.3 Å². The molecule has 2 heterocycles. The number of nitrogens with one attached hydrogen (secondary N) is 1. The lowest BCUT2D eigenvalue weighted by atomic mass is 10.2. The molecule has 2 rings (SSSR count). The number of hydrogen-bond acceptors (Lipinski definition) is 4. The van der Waals surface area contributed by atoms with Crippen LogP contribution in [0.3, 0.4) is 0 Å². The van der Waals surface area contributed by atoms with E-state index in [0.717, 1.165) is 26.1 Å². The molecule has 1 atom stereocenters. The minimum atomic E-state index is 0.306. The molecule has 0 aliphatic carbocycles. The van der Waals surface area contributed by atoms with E-state index in [1.807, 2.05) is 0 Å². The van der Waals surface area contributed by atoms with Gasteiger partial charge in [0.15, 0.2) is 0 Å². The Kier molecular flexibility index (Phi) is 3.72. The molecule has 0 radical (unpaired) electrons. The van der Waals surface area contributed by atoms with E-state index in [9.17, 15) is 0 Å². The van der Waals surface area contributed by atoms with Gasteiger partial charge >= 0.3 is 0 Å². The zero-order valence-corrected chi connectivity index (χ0v) is 10.1. The Bertz CT molecular complexity index is 305. The minimum Gasteiger partial charge on any atom is -0.375 e. The van der Waals surface area contributed by atoms with Gasteiger partial charge in [-0.3, -0.25) is 0 Å². The molecule has 0 aromatic carbocycles. The van der Waals surface area contributed by atoms with Crippen LogP contribution in [0.1, 0.15) is 30.5 Å². The van der Waals surface area contributed by atoms with Gasteiger partial charge in [0.2, 0.25) is 0 Å². The van der Waals surface area contributed by atoms with Crippen molar-refractivity contribution in [3.63, 3.8) is 0 Å². The number of thiazole rings is 1. The number of aromatic nitrogens is 1. The second-order valence-corrected chi connectivity index (χ2v) is 5.12. The van der Waals surface area contributed by atoms with Gasteiger partial charge < -0.3 is 10.1 Å². The molecule has 1 aromatic heterocycles. The molecule has 0 amide bonds. The number of hydrogen-bond donors (Lipinski definition) is 1. The predicted octanol–water partition coefficient (Wildman–Crippen LogP) is 1.80. The summed E-state index contributed by atoms with van der Waals surface area (Å²) in [4.78, 5) is 4.61. The molecule has 1 fully saturated rings. The van der Waals surface area contributed by atoms with Gasteiger partial charge in [-0.1, -0.05) is 13.8 Å². The average molecular weight is 226 g/mol. The minimum absolute atomic E-state index is 0.306. The molecule has 4 heteroatoms. The van der Waals surface area contributed by atoms with Crippen molar-refractivity contribution >= 4 is 11.3 Å². The monoisotopic (exact) mass is 226 g/mol. The van der Waals surface area contributed by atoms with Crippen LogP contribution in [0.4, 0.5) is 0 Å². The Hall–Kier alpha value is -0.450. The summed E-state index contributed by atoms with van der Waals surface area (Å²) in [6.45, 7) is 7.12. The SMILES string of the molecule is CC(C)c1nc(CC2CNCCO2)cs1. The summed E-state index contributed by atoms with van der Waals surface area (Å²) in [7, 11) is 0. The Morgan fingerprint density at radius 1 is 1.67 bits per heavy atom. The van der Waals surface area contributed by atoms with Crippen molar-refractivity contribution in [2.75, 3.05) is 19.7 Å². The molecule has 15 heavy (non-hydrogen) atoms. The van der Waals surface area contributed by atoms with Crippen molar-refractivity contribution in [1.82, 2.24) is 10.3 Å². The van der Waals surface area contributed by atoms with Gasteiger partial charge in [-0.25, -0.2) is 4.98 Å². The summed E-state index contributed by atoms with van der Waals surface area (Å²) >= 11 is 1.76. The highest BCUT2D eigenvalue weighted by atomic mass is 32.1. The Morgan fingerprint density at radius 2 is 2.53 bits per heavy atom. The maximum absolute atomic E-state index is 5.65. The molecule has 3 nitrogen and oxygen atoms in total. The van der Waals surface area contributed by atoms with Crippen LogP contribution in [0.25, 0.3) is 0 Å². The highest BCUT2D eigenvalue weighted by molar-refractivity contribution is 7.09. The number of ether oxygens (including phenoxy) is 1. The van der Waals surface area contributed by atoms with Crippen LogP contribution in [-0.2, 0) is 11.2 Å². The van der Waals surface area contributed by atoms with Crippen molar-refractivity contribution in [3.8, 4) is 0 Å². The molecule has 0 bridgehead atoms. The smallest absolute Gasteiger partial charge is 0.0953 e. The maximum atomic E-state index is 5.65. The normalized spacial score (nSPS) is 22.2. The highest BCUT2D eigenvalue weighted by Gasteiger charge is 2.15. The van der Waals surface area contributed by atoms with Crippen LogP contribution in [-0.4, -0.2) is 30.8 Å². The molecule has 1 unspecified atom stereocenters. The molecular formula is C11H18N2OS. The quantitative estimate of drug-likeness (QED) is 0.853. The third-order valence-electron chi connectivity index (χ3n) is 2.50. The first-order valence-corrected chi connectivity index (χ1v) is 6.40. The molecule has 0 spiro atoms. The molecule has 1 N–H and O–H groups in total. The molecule has 1 aliphatic rings. The van der Waals surface area contributed by atoms with Gasteiger partial charge in [0, 0.05) is 30.8 Å². The lowest BCUT2D eigenvalue weighted by molar-refractivity contribution is 0.0287. The van der Waals surface area contributed by atoms with E-state index in [0.29, 0.717) is 12.0 Å². The molecule has 1 aromatic rings. The standard InChI is InChI=1S/C11H18N2OS/c1-8(2)11-13-9(7-15-11)5-10-6-12-3-4-14-10/h7-8,10,12H,3-6H2,1-2H3. The van der Waals surface area contributed by atoms with Crippen molar-refractivity contribution in [1.29, 1.82) is 0 Å². The van der Waals surface area contributed by atoms with Crippen LogP contribution in [0.15, 0.2) is 5.38 Å². The Labute approximate surface area is 94.9 Å². The van der Waals surface area contributed by atoms with Gasteiger partial charge in [-0.15, -0.1) is 11.3 Å². The summed E-state index contributed by atoms with van der Waals surface area (Å²) in [5, 5.41) is 6.73. The first-order chi connectivity index (χ1) is 7.25. The third kappa shape index (κ3) is 3.00. The largest absolute Gasteiger partial charge is 0.375 e. The van der Waals surface area contributed by atoms with Crippen LogP contribution >= 0.6 is 11.3 Å². The summed E-state index contributed by atoms with van der Waals surface area (Å²) in [6, 6.07) is 0. The van der Waals surface area contributed by atoms with Crippen LogP contribution in [0, 0.1) is 0 Å². The van der Waals surface area contributed by atoms with E-state index in [4.69, 9.17) is 4.74 Å². The predicted molar refractivity (Wildman–Crippen MR) is 62.5 cm³/mol. The molecule has 84 valence electrons. The fourth-order valence-corrected chi connectivity index (χ4v) is 2.51. The Balaban J connectivity index is 1.91. The number of rotatable bonds is 3. The van der Waals surface area contributed by atoms with E-state index < -0.39 is 0 Å². The van der Waals surface area contributed by atoms with E-state index >= 15 is 0 Å². The topological polar surface area (TPSA) is 34.2 Å². The first-order valence-electron chi connectivity index (χ1n) is 5.52. The zero-order valence-electron chi connectivity index (χ0n) is 9.32.